The summed E-state index contributed by atoms with van der Waals surface area (Å²) in [6, 6.07) is 75.4. The highest BCUT2D eigenvalue weighted by Gasteiger charge is 2.17. The van der Waals surface area contributed by atoms with Crippen molar-refractivity contribution in [2.45, 2.75) is 0 Å². The van der Waals surface area contributed by atoms with Gasteiger partial charge >= 0.3 is 0 Å². The van der Waals surface area contributed by atoms with Crippen molar-refractivity contribution in [2.75, 3.05) is 0 Å². The molecule has 0 spiro atoms. The number of aromatic nitrogens is 3. The molecule has 0 unspecified atom stereocenters. The van der Waals surface area contributed by atoms with Gasteiger partial charge in [0.2, 0.25) is 0 Å². The van der Waals surface area contributed by atoms with Crippen LogP contribution in [0.25, 0.3) is 111 Å². The van der Waals surface area contributed by atoms with Crippen LogP contribution in [0.3, 0.4) is 0 Å². The SMILES string of the molecule is c1ccc(-c2nc(-c3ccc4cc(-c5ccc(-c6c7ccccc7cc7c6ccc6ccccc67)cc5)ccc4c3)nc(-c3ccccc3-c3ccccc3)n2)cc1. The van der Waals surface area contributed by atoms with E-state index in [2.05, 4.69) is 170 Å². The molecule has 0 aliphatic rings. The third kappa shape index (κ3) is 5.98. The number of hydrogen-bond acceptors (Lipinski definition) is 3. The van der Waals surface area contributed by atoms with Crippen molar-refractivity contribution in [1.29, 1.82) is 0 Å². The Bertz CT molecular complexity index is 3320. The number of nitrogens with zero attached hydrogens (tertiary/aromatic N) is 3. The topological polar surface area (TPSA) is 38.7 Å². The molecule has 0 atom stereocenters. The summed E-state index contributed by atoms with van der Waals surface area (Å²) in [6.45, 7) is 0. The van der Waals surface area contributed by atoms with Crippen LogP contribution < -0.4 is 0 Å². The molecule has 1 aromatic heterocycles. The highest BCUT2D eigenvalue weighted by Crippen LogP contribution is 2.40. The molecule has 3 heteroatoms. The second-order valence-electron chi connectivity index (χ2n) is 14.8. The lowest BCUT2D eigenvalue weighted by Crippen LogP contribution is -2.01. The Balaban J connectivity index is 0.967. The van der Waals surface area contributed by atoms with E-state index in [0.717, 1.165) is 38.6 Å². The molecule has 0 bridgehead atoms. The Hall–Kier alpha value is -7.75. The lowest BCUT2D eigenvalue weighted by Gasteiger charge is -2.15. The summed E-state index contributed by atoms with van der Waals surface area (Å²) in [6.07, 6.45) is 0. The van der Waals surface area contributed by atoms with Gasteiger partial charge in [0.05, 0.1) is 0 Å². The normalized spacial score (nSPS) is 11.4. The zero-order valence-electron chi connectivity index (χ0n) is 31.5. The Morgan fingerprint density at radius 2 is 0.741 bits per heavy atom. The summed E-state index contributed by atoms with van der Waals surface area (Å²) in [7, 11) is 0. The summed E-state index contributed by atoms with van der Waals surface area (Å²) in [5, 5.41) is 9.89. The Morgan fingerprint density at radius 3 is 1.50 bits per heavy atom. The maximum atomic E-state index is 5.12. The summed E-state index contributed by atoms with van der Waals surface area (Å²) in [4.78, 5) is 15.2. The number of benzene rings is 10. The first kappa shape index (κ1) is 33.6. The second-order valence-corrected chi connectivity index (χ2v) is 14.8. The van der Waals surface area contributed by atoms with Crippen LogP contribution >= 0.6 is 0 Å². The van der Waals surface area contributed by atoms with Crippen LogP contribution in [0.2, 0.25) is 0 Å². The van der Waals surface area contributed by atoms with Gasteiger partial charge in [-0.1, -0.05) is 194 Å². The van der Waals surface area contributed by atoms with Crippen LogP contribution in [0.1, 0.15) is 0 Å². The Morgan fingerprint density at radius 1 is 0.224 bits per heavy atom. The van der Waals surface area contributed by atoms with Gasteiger partial charge in [-0.3, -0.25) is 0 Å². The Kier molecular flexibility index (Phi) is 8.15. The van der Waals surface area contributed by atoms with E-state index in [0.29, 0.717) is 17.5 Å². The lowest BCUT2D eigenvalue weighted by atomic mass is 9.89. The minimum absolute atomic E-state index is 0.641. The van der Waals surface area contributed by atoms with Crippen LogP contribution in [-0.2, 0) is 0 Å². The Labute approximate surface area is 336 Å². The quantitative estimate of drug-likeness (QED) is 0.126. The molecular formula is C55H35N3. The lowest BCUT2D eigenvalue weighted by molar-refractivity contribution is 1.07. The van der Waals surface area contributed by atoms with Gasteiger partial charge in [-0.25, -0.2) is 15.0 Å². The first-order chi connectivity index (χ1) is 28.7. The van der Waals surface area contributed by atoms with Gasteiger partial charge < -0.3 is 0 Å². The van der Waals surface area contributed by atoms with Crippen LogP contribution in [0.4, 0.5) is 0 Å². The molecule has 10 aromatic carbocycles. The fourth-order valence-electron chi connectivity index (χ4n) is 8.41. The van der Waals surface area contributed by atoms with Crippen molar-refractivity contribution < 1.29 is 0 Å². The molecule has 0 N–H and O–H groups in total. The van der Waals surface area contributed by atoms with Gasteiger partial charge in [0.15, 0.2) is 17.5 Å². The molecule has 0 amide bonds. The van der Waals surface area contributed by atoms with Gasteiger partial charge in [0.25, 0.3) is 0 Å². The molecule has 0 fully saturated rings. The number of fused-ring (bicyclic) bond motifs is 5. The standard InChI is InChI=1S/C55H35N3/c1-3-13-37(14-4-1)46-19-11-12-22-50(46)55-57-53(40-16-5-2-6-17-40)56-54(58-55)45-30-29-42-33-41(27-28-43(42)34-45)36-23-25-39(26-24-36)52-48-21-10-8-18-44(48)35-51-47-20-9-7-15-38(47)31-32-49(51)52/h1-35H. The highest BCUT2D eigenvalue weighted by atomic mass is 15.0. The molecule has 0 saturated carbocycles. The smallest absolute Gasteiger partial charge is 0.164 e. The van der Waals surface area contributed by atoms with Gasteiger partial charge in [0, 0.05) is 16.7 Å². The largest absolute Gasteiger partial charge is 0.208 e. The zero-order valence-corrected chi connectivity index (χ0v) is 31.5. The van der Waals surface area contributed by atoms with Crippen molar-refractivity contribution in [2.24, 2.45) is 0 Å². The van der Waals surface area contributed by atoms with Crippen LogP contribution in [0.15, 0.2) is 212 Å². The number of hydrogen-bond donors (Lipinski definition) is 0. The monoisotopic (exact) mass is 737 g/mol. The first-order valence-corrected chi connectivity index (χ1v) is 19.7. The van der Waals surface area contributed by atoms with E-state index in [-0.39, 0.29) is 0 Å². The third-order valence-electron chi connectivity index (χ3n) is 11.3. The maximum absolute atomic E-state index is 5.12. The molecule has 11 aromatic rings. The van der Waals surface area contributed by atoms with E-state index in [9.17, 15) is 0 Å². The van der Waals surface area contributed by atoms with E-state index in [1.165, 1.54) is 54.6 Å². The fourth-order valence-corrected chi connectivity index (χ4v) is 8.41. The van der Waals surface area contributed by atoms with Crippen molar-refractivity contribution >= 4 is 43.1 Å². The van der Waals surface area contributed by atoms with Gasteiger partial charge in [-0.2, -0.15) is 0 Å². The van der Waals surface area contributed by atoms with Gasteiger partial charge in [-0.15, -0.1) is 0 Å². The van der Waals surface area contributed by atoms with Crippen molar-refractivity contribution in [1.82, 2.24) is 15.0 Å². The summed E-state index contributed by atoms with van der Waals surface area (Å²) in [5.74, 6) is 1.93. The first-order valence-electron chi connectivity index (χ1n) is 19.7. The summed E-state index contributed by atoms with van der Waals surface area (Å²) in [5.41, 5.74) is 9.89. The van der Waals surface area contributed by atoms with Crippen LogP contribution in [0.5, 0.6) is 0 Å². The molecule has 1 heterocycles. The van der Waals surface area contributed by atoms with E-state index in [4.69, 9.17) is 15.0 Å². The maximum Gasteiger partial charge on any atom is 0.164 e. The van der Waals surface area contributed by atoms with Crippen molar-refractivity contribution in [3.05, 3.63) is 212 Å². The minimum atomic E-state index is 0.641. The van der Waals surface area contributed by atoms with Crippen molar-refractivity contribution in [3.63, 3.8) is 0 Å². The summed E-state index contributed by atoms with van der Waals surface area (Å²) < 4.78 is 0. The molecule has 0 radical (unpaired) electrons. The molecule has 270 valence electrons. The minimum Gasteiger partial charge on any atom is -0.208 e. The van der Waals surface area contributed by atoms with E-state index < -0.39 is 0 Å². The highest BCUT2D eigenvalue weighted by molar-refractivity contribution is 6.20. The molecule has 0 aliphatic heterocycles. The van der Waals surface area contributed by atoms with Gasteiger partial charge in [-0.05, 0) is 94.7 Å². The molecule has 0 saturated heterocycles. The molecule has 3 nitrogen and oxygen atoms in total. The third-order valence-corrected chi connectivity index (χ3v) is 11.3. The van der Waals surface area contributed by atoms with Gasteiger partial charge in [0.1, 0.15) is 0 Å². The molecule has 58 heavy (non-hydrogen) atoms. The molecular weight excluding hydrogens is 703 g/mol. The average molecular weight is 738 g/mol. The fraction of sp³-hybridized carbons (Fsp3) is 0. The summed E-state index contributed by atoms with van der Waals surface area (Å²) >= 11 is 0. The molecule has 11 rings (SSSR count). The van der Waals surface area contributed by atoms with E-state index in [1.807, 2.05) is 42.5 Å². The average Bonchev–Trinajstić information content (AvgIpc) is 3.31. The predicted molar refractivity (Wildman–Crippen MR) is 242 cm³/mol. The van der Waals surface area contributed by atoms with E-state index in [1.54, 1.807) is 0 Å². The predicted octanol–water partition coefficient (Wildman–Crippen LogP) is 14.5. The van der Waals surface area contributed by atoms with Crippen LogP contribution in [-0.4, -0.2) is 15.0 Å². The zero-order chi connectivity index (χ0) is 38.4. The molecule has 0 aliphatic carbocycles. The van der Waals surface area contributed by atoms with E-state index >= 15 is 0 Å². The van der Waals surface area contributed by atoms with Crippen molar-refractivity contribution in [3.8, 4) is 67.5 Å². The van der Waals surface area contributed by atoms with Crippen LogP contribution in [0, 0.1) is 0 Å². The second kappa shape index (κ2) is 14.1. The number of rotatable bonds is 6.